The Morgan fingerprint density at radius 2 is 1.90 bits per heavy atom. The van der Waals surface area contributed by atoms with E-state index in [4.69, 9.17) is 10.9 Å². The number of hydrogen-bond acceptors (Lipinski definition) is 3. The lowest BCUT2D eigenvalue weighted by molar-refractivity contribution is 0.318. The highest BCUT2D eigenvalue weighted by molar-refractivity contribution is 6.03. The van der Waals surface area contributed by atoms with Gasteiger partial charge in [0, 0.05) is 12.7 Å². The molecule has 3 N–H and O–H groups in total. The molecule has 0 fully saturated rings. The molecule has 0 saturated heterocycles. The third-order valence-corrected chi connectivity index (χ3v) is 3.45. The van der Waals surface area contributed by atoms with E-state index in [1.165, 1.54) is 11.6 Å². The summed E-state index contributed by atoms with van der Waals surface area (Å²) in [6.07, 6.45) is 0.958. The lowest BCUT2D eigenvalue weighted by Crippen LogP contribution is -2.21. The number of anilines is 2. The Balaban J connectivity index is 2.47. The van der Waals surface area contributed by atoms with Gasteiger partial charge in [-0.05, 0) is 36.2 Å². The van der Waals surface area contributed by atoms with Gasteiger partial charge in [-0.3, -0.25) is 0 Å². The van der Waals surface area contributed by atoms with Gasteiger partial charge in [-0.2, -0.15) is 0 Å². The van der Waals surface area contributed by atoms with Crippen LogP contribution < -0.4 is 10.6 Å². The summed E-state index contributed by atoms with van der Waals surface area (Å²) >= 11 is 0. The van der Waals surface area contributed by atoms with Crippen LogP contribution in [0.4, 0.5) is 15.8 Å². The zero-order valence-electron chi connectivity index (χ0n) is 12.0. The van der Waals surface area contributed by atoms with Crippen LogP contribution in [0.2, 0.25) is 0 Å². The maximum absolute atomic E-state index is 14.0. The number of oxime groups is 1. The molecule has 0 saturated carbocycles. The fourth-order valence-electron chi connectivity index (χ4n) is 2.19. The average Bonchev–Trinajstić information content (AvgIpc) is 2.53. The topological polar surface area (TPSA) is 61.8 Å². The van der Waals surface area contributed by atoms with E-state index in [1.807, 2.05) is 31.3 Å². The van der Waals surface area contributed by atoms with E-state index in [-0.39, 0.29) is 11.4 Å². The van der Waals surface area contributed by atoms with Crippen molar-refractivity contribution in [2.75, 3.05) is 11.9 Å². The third kappa shape index (κ3) is 2.97. The standard InChI is InChI=1S/C16H18FN3O/c1-3-11-7-9-12(10-8-11)20(2)14-6-4-5-13(17)15(14)16(18)19-21/h4-10,21H,3H2,1-2H3,(H2,18,19). The van der Waals surface area contributed by atoms with E-state index in [0.717, 1.165) is 12.1 Å². The van der Waals surface area contributed by atoms with Crippen molar-refractivity contribution in [3.05, 3.63) is 59.4 Å². The second-order valence-electron chi connectivity index (χ2n) is 4.70. The Labute approximate surface area is 123 Å². The van der Waals surface area contributed by atoms with Crippen molar-refractivity contribution in [3.63, 3.8) is 0 Å². The Kier molecular flexibility index (Phi) is 4.42. The number of hydrogen-bond donors (Lipinski definition) is 2. The molecule has 2 rings (SSSR count). The molecule has 0 radical (unpaired) electrons. The van der Waals surface area contributed by atoms with Gasteiger partial charge >= 0.3 is 0 Å². The predicted molar refractivity (Wildman–Crippen MR) is 82.8 cm³/mol. The number of halogens is 1. The Morgan fingerprint density at radius 3 is 2.48 bits per heavy atom. The van der Waals surface area contributed by atoms with Gasteiger partial charge < -0.3 is 15.8 Å². The Morgan fingerprint density at radius 1 is 1.24 bits per heavy atom. The molecule has 4 nitrogen and oxygen atoms in total. The summed E-state index contributed by atoms with van der Waals surface area (Å²) in [6.45, 7) is 2.09. The van der Waals surface area contributed by atoms with Gasteiger partial charge in [0.15, 0.2) is 5.84 Å². The minimum absolute atomic E-state index is 0.0852. The van der Waals surface area contributed by atoms with E-state index < -0.39 is 5.82 Å². The molecule has 0 bridgehead atoms. The van der Waals surface area contributed by atoms with Crippen molar-refractivity contribution < 1.29 is 9.60 Å². The lowest BCUT2D eigenvalue weighted by atomic mass is 10.1. The van der Waals surface area contributed by atoms with E-state index >= 15 is 0 Å². The van der Waals surface area contributed by atoms with Gasteiger partial charge in [-0.1, -0.05) is 30.3 Å². The van der Waals surface area contributed by atoms with Crippen LogP contribution in [0.15, 0.2) is 47.6 Å². The minimum Gasteiger partial charge on any atom is -0.409 e. The van der Waals surface area contributed by atoms with Crippen molar-refractivity contribution in [1.82, 2.24) is 0 Å². The normalized spacial score (nSPS) is 11.5. The van der Waals surface area contributed by atoms with Crippen molar-refractivity contribution in [2.45, 2.75) is 13.3 Å². The summed E-state index contributed by atoms with van der Waals surface area (Å²) < 4.78 is 14.0. The molecule has 2 aromatic carbocycles. The number of aryl methyl sites for hydroxylation is 1. The molecule has 0 heterocycles. The Bertz CT molecular complexity index is 653. The summed E-state index contributed by atoms with van der Waals surface area (Å²) in [5.41, 5.74) is 8.33. The number of nitrogens with two attached hydrogens (primary N) is 1. The molecule has 5 heteroatoms. The summed E-state index contributed by atoms with van der Waals surface area (Å²) in [5, 5.41) is 11.7. The SMILES string of the molecule is CCc1ccc(N(C)c2cccc(F)c2C(N)=NO)cc1. The minimum atomic E-state index is -0.528. The van der Waals surface area contributed by atoms with Crippen molar-refractivity contribution in [2.24, 2.45) is 10.9 Å². The first-order chi connectivity index (χ1) is 10.1. The lowest BCUT2D eigenvalue weighted by Gasteiger charge is -2.22. The van der Waals surface area contributed by atoms with E-state index in [1.54, 1.807) is 17.0 Å². The van der Waals surface area contributed by atoms with Crippen molar-refractivity contribution in [3.8, 4) is 0 Å². The van der Waals surface area contributed by atoms with Gasteiger partial charge in [0.2, 0.25) is 0 Å². The van der Waals surface area contributed by atoms with Crippen molar-refractivity contribution >= 4 is 17.2 Å². The fourth-order valence-corrected chi connectivity index (χ4v) is 2.19. The fraction of sp³-hybridized carbons (Fsp3) is 0.188. The second-order valence-corrected chi connectivity index (χ2v) is 4.70. The summed E-state index contributed by atoms with van der Waals surface area (Å²) in [4.78, 5) is 1.80. The van der Waals surface area contributed by atoms with Crippen LogP contribution in [0.1, 0.15) is 18.1 Å². The molecule has 0 aliphatic heterocycles. The van der Waals surface area contributed by atoms with Crippen LogP contribution in [0, 0.1) is 5.82 Å². The molecule has 21 heavy (non-hydrogen) atoms. The number of rotatable bonds is 4. The van der Waals surface area contributed by atoms with Crippen LogP contribution >= 0.6 is 0 Å². The quantitative estimate of drug-likeness (QED) is 0.393. The zero-order chi connectivity index (χ0) is 15.4. The summed E-state index contributed by atoms with van der Waals surface area (Å²) in [5.74, 6) is -0.778. The molecule has 0 aliphatic rings. The zero-order valence-corrected chi connectivity index (χ0v) is 12.0. The van der Waals surface area contributed by atoms with Gasteiger partial charge in [0.1, 0.15) is 5.82 Å². The highest BCUT2D eigenvalue weighted by Crippen LogP contribution is 2.28. The van der Waals surface area contributed by atoms with Crippen LogP contribution in [0.3, 0.4) is 0 Å². The number of benzene rings is 2. The summed E-state index contributed by atoms with van der Waals surface area (Å²) in [6, 6.07) is 12.6. The van der Waals surface area contributed by atoms with Gasteiger partial charge in [0.05, 0.1) is 11.3 Å². The van der Waals surface area contributed by atoms with Crippen LogP contribution in [-0.4, -0.2) is 18.1 Å². The smallest absolute Gasteiger partial charge is 0.175 e. The largest absolute Gasteiger partial charge is 0.409 e. The van der Waals surface area contributed by atoms with Crippen LogP contribution in [0.5, 0.6) is 0 Å². The molecule has 0 atom stereocenters. The van der Waals surface area contributed by atoms with Gasteiger partial charge in [-0.15, -0.1) is 0 Å². The molecule has 0 aliphatic carbocycles. The molecule has 0 spiro atoms. The maximum atomic E-state index is 14.0. The monoisotopic (exact) mass is 287 g/mol. The Hall–Kier alpha value is -2.56. The molecule has 0 aromatic heterocycles. The molecular formula is C16H18FN3O. The first-order valence-electron chi connectivity index (χ1n) is 6.67. The molecule has 2 aromatic rings. The second kappa shape index (κ2) is 6.26. The maximum Gasteiger partial charge on any atom is 0.175 e. The van der Waals surface area contributed by atoms with Gasteiger partial charge in [0.25, 0.3) is 0 Å². The number of nitrogens with zero attached hydrogens (tertiary/aromatic N) is 2. The average molecular weight is 287 g/mol. The first kappa shape index (κ1) is 14.8. The van der Waals surface area contributed by atoms with Crippen LogP contribution in [0.25, 0.3) is 0 Å². The third-order valence-electron chi connectivity index (χ3n) is 3.45. The first-order valence-corrected chi connectivity index (χ1v) is 6.67. The number of amidine groups is 1. The van der Waals surface area contributed by atoms with Gasteiger partial charge in [-0.25, -0.2) is 4.39 Å². The van der Waals surface area contributed by atoms with Crippen LogP contribution in [-0.2, 0) is 6.42 Å². The predicted octanol–water partition coefficient (Wildman–Crippen LogP) is 3.25. The summed E-state index contributed by atoms with van der Waals surface area (Å²) in [7, 11) is 1.81. The van der Waals surface area contributed by atoms with Crippen molar-refractivity contribution in [1.29, 1.82) is 0 Å². The van der Waals surface area contributed by atoms with E-state index in [9.17, 15) is 4.39 Å². The highest BCUT2D eigenvalue weighted by atomic mass is 19.1. The van der Waals surface area contributed by atoms with E-state index in [2.05, 4.69) is 12.1 Å². The van der Waals surface area contributed by atoms with E-state index in [0.29, 0.717) is 5.69 Å². The molecule has 110 valence electrons. The molecule has 0 unspecified atom stereocenters. The molecule has 0 amide bonds. The molecular weight excluding hydrogens is 269 g/mol. The highest BCUT2D eigenvalue weighted by Gasteiger charge is 2.16.